The maximum Gasteiger partial charge on any atom is 0.254 e. The lowest BCUT2D eigenvalue weighted by atomic mass is 10.1. The molecule has 1 aliphatic heterocycles. The van der Waals surface area contributed by atoms with Crippen LogP contribution in [0.25, 0.3) is 16.9 Å². The van der Waals surface area contributed by atoms with Crippen molar-refractivity contribution in [3.05, 3.63) is 78.0 Å². The van der Waals surface area contributed by atoms with Gasteiger partial charge in [-0.25, -0.2) is 4.98 Å². The first-order chi connectivity index (χ1) is 15.1. The number of carbonyl (C=O) groups excluding carboxylic acids is 1. The van der Waals surface area contributed by atoms with Crippen molar-refractivity contribution >= 4 is 22.8 Å². The minimum Gasteiger partial charge on any atom is -0.365 e. The molecule has 3 heterocycles. The molecule has 0 N–H and O–H groups in total. The highest BCUT2D eigenvalue weighted by Crippen LogP contribution is 2.23. The van der Waals surface area contributed by atoms with E-state index >= 15 is 0 Å². The minimum absolute atomic E-state index is 0.0370. The van der Waals surface area contributed by atoms with Crippen LogP contribution in [0.1, 0.15) is 22.8 Å². The van der Waals surface area contributed by atoms with E-state index in [1.807, 2.05) is 41.3 Å². The van der Waals surface area contributed by atoms with Crippen LogP contribution in [0.5, 0.6) is 0 Å². The highest BCUT2D eigenvalue weighted by Gasteiger charge is 2.27. The Hall–Kier alpha value is -3.74. The van der Waals surface area contributed by atoms with Crippen molar-refractivity contribution in [3.63, 3.8) is 0 Å². The number of aryl methyl sites for hydroxylation is 1. The highest BCUT2D eigenvalue weighted by atomic mass is 16.2. The lowest BCUT2D eigenvalue weighted by Gasteiger charge is -2.41. The van der Waals surface area contributed by atoms with Gasteiger partial charge in [0.25, 0.3) is 5.91 Å². The number of anilines is 1. The molecule has 0 saturated carbocycles. The first-order valence-electron chi connectivity index (χ1n) is 10.5. The molecule has 1 atom stereocenters. The van der Waals surface area contributed by atoms with Crippen LogP contribution in [0.15, 0.2) is 66.9 Å². The molecule has 7 heteroatoms. The zero-order chi connectivity index (χ0) is 21.4. The second kappa shape index (κ2) is 7.83. The monoisotopic (exact) mass is 412 g/mol. The van der Waals surface area contributed by atoms with Crippen molar-refractivity contribution in [1.82, 2.24) is 24.9 Å². The van der Waals surface area contributed by atoms with Gasteiger partial charge in [-0.05, 0) is 61.9 Å². The quantitative estimate of drug-likeness (QED) is 0.515. The maximum atomic E-state index is 13.3. The minimum atomic E-state index is 0.0370. The Morgan fingerprint density at radius 3 is 2.68 bits per heavy atom. The molecule has 5 rings (SSSR count). The summed E-state index contributed by atoms with van der Waals surface area (Å²) in [5.74, 6) is 0.0370. The third-order valence-corrected chi connectivity index (χ3v) is 5.79. The lowest BCUT2D eigenvalue weighted by molar-refractivity contribution is 0.0726. The fraction of sp³-hybridized carbons (Fsp3) is 0.250. The van der Waals surface area contributed by atoms with Gasteiger partial charge in [-0.2, -0.15) is 4.68 Å². The van der Waals surface area contributed by atoms with Gasteiger partial charge in [0.15, 0.2) is 5.65 Å². The van der Waals surface area contributed by atoms with E-state index in [2.05, 4.69) is 58.3 Å². The van der Waals surface area contributed by atoms with Crippen molar-refractivity contribution < 1.29 is 4.79 Å². The molecule has 2 aromatic carbocycles. The predicted octanol–water partition coefficient (Wildman–Crippen LogP) is 3.47. The van der Waals surface area contributed by atoms with E-state index < -0.39 is 0 Å². The van der Waals surface area contributed by atoms with Gasteiger partial charge in [0.1, 0.15) is 5.52 Å². The normalized spacial score (nSPS) is 16.6. The summed E-state index contributed by atoms with van der Waals surface area (Å²) in [4.78, 5) is 22.0. The number of aromatic nitrogens is 4. The number of nitrogens with zero attached hydrogens (tertiary/aromatic N) is 6. The van der Waals surface area contributed by atoms with Crippen LogP contribution in [-0.4, -0.2) is 56.5 Å². The number of benzene rings is 2. The number of carbonyl (C=O) groups is 1. The molecule has 7 nitrogen and oxygen atoms in total. The molecule has 31 heavy (non-hydrogen) atoms. The third kappa shape index (κ3) is 3.63. The molecule has 0 spiro atoms. The number of fused-ring (bicyclic) bond motifs is 1. The van der Waals surface area contributed by atoms with Crippen LogP contribution in [0.4, 0.5) is 5.69 Å². The first-order valence-corrected chi connectivity index (χ1v) is 10.5. The van der Waals surface area contributed by atoms with Crippen LogP contribution < -0.4 is 4.90 Å². The molecule has 156 valence electrons. The summed E-state index contributed by atoms with van der Waals surface area (Å²) < 4.78 is 1.67. The van der Waals surface area contributed by atoms with Gasteiger partial charge in [-0.3, -0.25) is 4.79 Å². The molecule has 4 aromatic rings. The summed E-state index contributed by atoms with van der Waals surface area (Å²) in [6, 6.07) is 20.0. The van der Waals surface area contributed by atoms with Gasteiger partial charge in [-0.15, -0.1) is 5.10 Å². The smallest absolute Gasteiger partial charge is 0.254 e. The lowest BCUT2D eigenvalue weighted by Crippen LogP contribution is -2.53. The van der Waals surface area contributed by atoms with Crippen LogP contribution in [0, 0.1) is 6.92 Å². The van der Waals surface area contributed by atoms with E-state index in [4.69, 9.17) is 0 Å². The zero-order valence-electron chi connectivity index (χ0n) is 17.6. The summed E-state index contributed by atoms with van der Waals surface area (Å²) in [7, 11) is 0. The Morgan fingerprint density at radius 2 is 1.84 bits per heavy atom. The van der Waals surface area contributed by atoms with Crippen molar-refractivity contribution in [3.8, 4) is 5.69 Å². The number of pyridine rings is 1. The largest absolute Gasteiger partial charge is 0.365 e. The highest BCUT2D eigenvalue weighted by molar-refractivity contribution is 5.95. The molecule has 0 bridgehead atoms. The number of hydrogen-bond acceptors (Lipinski definition) is 5. The molecular weight excluding hydrogens is 388 g/mol. The topological polar surface area (TPSA) is 67.2 Å². The van der Waals surface area contributed by atoms with Crippen LogP contribution in [0.3, 0.4) is 0 Å². The average molecular weight is 412 g/mol. The van der Waals surface area contributed by atoms with Gasteiger partial charge < -0.3 is 9.80 Å². The summed E-state index contributed by atoms with van der Waals surface area (Å²) >= 11 is 0. The van der Waals surface area contributed by atoms with Crippen molar-refractivity contribution in [2.45, 2.75) is 19.9 Å². The number of rotatable bonds is 3. The molecule has 1 fully saturated rings. The van der Waals surface area contributed by atoms with Crippen molar-refractivity contribution in [2.24, 2.45) is 0 Å². The Bertz CT molecular complexity index is 1250. The van der Waals surface area contributed by atoms with E-state index in [-0.39, 0.29) is 11.9 Å². The summed E-state index contributed by atoms with van der Waals surface area (Å²) in [5.41, 5.74) is 5.28. The number of piperazine rings is 1. The Morgan fingerprint density at radius 1 is 1.00 bits per heavy atom. The Kier molecular flexibility index (Phi) is 4.86. The molecule has 1 aliphatic rings. The predicted molar refractivity (Wildman–Crippen MR) is 121 cm³/mol. The second-order valence-electron chi connectivity index (χ2n) is 8.03. The van der Waals surface area contributed by atoms with Gasteiger partial charge >= 0.3 is 0 Å². The fourth-order valence-corrected chi connectivity index (χ4v) is 4.22. The van der Waals surface area contributed by atoms with E-state index in [0.29, 0.717) is 24.3 Å². The fourth-order valence-electron chi connectivity index (χ4n) is 4.22. The van der Waals surface area contributed by atoms with E-state index in [1.165, 1.54) is 11.3 Å². The molecule has 0 unspecified atom stereocenters. The average Bonchev–Trinajstić information content (AvgIpc) is 3.23. The van der Waals surface area contributed by atoms with Crippen LogP contribution in [-0.2, 0) is 0 Å². The van der Waals surface area contributed by atoms with Gasteiger partial charge in [0.05, 0.1) is 5.69 Å². The van der Waals surface area contributed by atoms with Gasteiger partial charge in [0.2, 0.25) is 0 Å². The molecule has 1 saturated heterocycles. The molecule has 2 aromatic heterocycles. The Balaban J connectivity index is 1.36. The summed E-state index contributed by atoms with van der Waals surface area (Å²) in [6.07, 6.45) is 1.71. The van der Waals surface area contributed by atoms with Gasteiger partial charge in [-0.1, -0.05) is 23.4 Å². The summed E-state index contributed by atoms with van der Waals surface area (Å²) in [6.45, 7) is 6.47. The molecular formula is C24H24N6O. The van der Waals surface area contributed by atoms with Crippen LogP contribution in [0.2, 0.25) is 0 Å². The SMILES string of the molecule is Cc1cccc(N2CCN(C(=O)c3cccc(-n4nnc5cccnc54)c3)C[C@@H]2C)c1. The van der Waals surface area contributed by atoms with E-state index in [1.54, 1.807) is 10.9 Å². The Labute approximate surface area is 180 Å². The molecule has 0 radical (unpaired) electrons. The zero-order valence-corrected chi connectivity index (χ0v) is 17.6. The maximum absolute atomic E-state index is 13.3. The van der Waals surface area contributed by atoms with E-state index in [9.17, 15) is 4.79 Å². The molecule has 0 aliphatic carbocycles. The third-order valence-electron chi connectivity index (χ3n) is 5.79. The van der Waals surface area contributed by atoms with Crippen molar-refractivity contribution in [1.29, 1.82) is 0 Å². The number of amides is 1. The van der Waals surface area contributed by atoms with Gasteiger partial charge in [0, 0.05) is 43.1 Å². The van der Waals surface area contributed by atoms with E-state index in [0.717, 1.165) is 17.7 Å². The summed E-state index contributed by atoms with van der Waals surface area (Å²) in [5, 5.41) is 8.38. The van der Waals surface area contributed by atoms with Crippen molar-refractivity contribution in [2.75, 3.05) is 24.5 Å². The first kappa shape index (κ1) is 19.2. The van der Waals surface area contributed by atoms with Crippen LogP contribution >= 0.6 is 0 Å². The standard InChI is InChI=1S/C24H24N6O/c1-17-6-3-8-20(14-17)29-13-12-28(16-18(29)2)24(31)19-7-4-9-21(15-19)30-23-22(26-27-30)10-5-11-25-23/h3-11,14-15,18H,12-13,16H2,1-2H3/t18-/m0/s1. The second-order valence-corrected chi connectivity index (χ2v) is 8.03. The number of hydrogen-bond donors (Lipinski definition) is 0. The molecule has 1 amide bonds.